The Labute approximate surface area is 99.6 Å². The van der Waals surface area contributed by atoms with Crippen LogP contribution in [0.3, 0.4) is 0 Å². The summed E-state index contributed by atoms with van der Waals surface area (Å²) in [5, 5.41) is 22.7. The van der Waals surface area contributed by atoms with E-state index in [2.05, 4.69) is 10.3 Å². The average Bonchev–Trinajstić information content (AvgIpc) is 2.39. The Morgan fingerprint density at radius 3 is 2.35 bits per heavy atom. The minimum absolute atomic E-state index is 0.0198. The molecule has 0 aliphatic carbocycles. The highest BCUT2D eigenvalue weighted by Crippen LogP contribution is 2.17. The Kier molecular flexibility index (Phi) is 3.37. The van der Waals surface area contributed by atoms with E-state index < -0.39 is 5.79 Å². The van der Waals surface area contributed by atoms with E-state index in [4.69, 9.17) is 0 Å². The van der Waals surface area contributed by atoms with Crippen LogP contribution in [0, 0.1) is 0 Å². The average molecular weight is 230 g/mol. The summed E-state index contributed by atoms with van der Waals surface area (Å²) in [4.78, 5) is 4.04. The van der Waals surface area contributed by atoms with E-state index >= 15 is 0 Å². The van der Waals surface area contributed by atoms with Gasteiger partial charge in [0, 0.05) is 11.8 Å². The number of aliphatic hydroxyl groups is 2. The molecule has 0 radical (unpaired) electrons. The molecule has 0 saturated heterocycles. The third-order valence-electron chi connectivity index (χ3n) is 2.42. The normalized spacial score (nSPS) is 11.2. The van der Waals surface area contributed by atoms with Gasteiger partial charge in [0.2, 0.25) is 5.79 Å². The van der Waals surface area contributed by atoms with Crippen molar-refractivity contribution >= 4 is 5.82 Å². The molecule has 0 fully saturated rings. The molecule has 1 heterocycles. The van der Waals surface area contributed by atoms with Crippen molar-refractivity contribution in [3.8, 4) is 0 Å². The third kappa shape index (κ3) is 3.03. The molecule has 0 saturated carbocycles. The lowest BCUT2D eigenvalue weighted by molar-refractivity contribution is -0.156. The molecule has 88 valence electrons. The van der Waals surface area contributed by atoms with Crippen LogP contribution in [0.15, 0.2) is 54.7 Å². The first-order chi connectivity index (χ1) is 8.18. The largest absolute Gasteiger partial charge is 0.364 e. The zero-order valence-corrected chi connectivity index (χ0v) is 9.24. The van der Waals surface area contributed by atoms with E-state index in [9.17, 15) is 10.2 Å². The van der Waals surface area contributed by atoms with Gasteiger partial charge in [0.1, 0.15) is 5.82 Å². The van der Waals surface area contributed by atoms with Crippen LogP contribution in [0.4, 0.5) is 5.82 Å². The maximum Gasteiger partial charge on any atom is 0.207 e. The highest BCUT2D eigenvalue weighted by molar-refractivity contribution is 5.34. The smallest absolute Gasteiger partial charge is 0.207 e. The fourth-order valence-corrected chi connectivity index (χ4v) is 1.49. The van der Waals surface area contributed by atoms with Crippen molar-refractivity contribution in [1.82, 2.24) is 4.98 Å². The number of hydrogen-bond acceptors (Lipinski definition) is 4. The van der Waals surface area contributed by atoms with E-state index in [1.54, 1.807) is 42.6 Å². The highest BCUT2D eigenvalue weighted by atomic mass is 16.5. The number of aromatic nitrogens is 1. The van der Waals surface area contributed by atoms with E-state index in [-0.39, 0.29) is 6.54 Å². The maximum atomic E-state index is 9.91. The zero-order chi connectivity index (χ0) is 12.1. The molecule has 4 heteroatoms. The predicted octanol–water partition coefficient (Wildman–Crippen LogP) is 1.33. The molecule has 0 spiro atoms. The van der Waals surface area contributed by atoms with Gasteiger partial charge in [0.15, 0.2) is 0 Å². The summed E-state index contributed by atoms with van der Waals surface area (Å²) in [5.41, 5.74) is 0.448. The molecule has 1 aromatic carbocycles. The lowest BCUT2D eigenvalue weighted by Gasteiger charge is -2.22. The number of pyridine rings is 1. The minimum Gasteiger partial charge on any atom is -0.364 e. The van der Waals surface area contributed by atoms with Gasteiger partial charge in [-0.2, -0.15) is 0 Å². The zero-order valence-electron chi connectivity index (χ0n) is 9.24. The van der Waals surface area contributed by atoms with Gasteiger partial charge < -0.3 is 15.5 Å². The molecule has 1 aromatic heterocycles. The molecule has 0 atom stereocenters. The predicted molar refractivity (Wildman–Crippen MR) is 65.3 cm³/mol. The Hall–Kier alpha value is -1.91. The molecular weight excluding hydrogens is 216 g/mol. The Balaban J connectivity index is 2.03. The molecule has 0 unspecified atom stereocenters. The van der Waals surface area contributed by atoms with Crippen LogP contribution in [0.2, 0.25) is 0 Å². The topological polar surface area (TPSA) is 65.4 Å². The van der Waals surface area contributed by atoms with Gasteiger partial charge in [-0.25, -0.2) is 4.98 Å². The van der Waals surface area contributed by atoms with E-state index in [0.29, 0.717) is 11.4 Å². The van der Waals surface area contributed by atoms with E-state index in [1.807, 2.05) is 12.1 Å². The van der Waals surface area contributed by atoms with Crippen LogP contribution in [0.5, 0.6) is 0 Å². The van der Waals surface area contributed by atoms with Crippen LogP contribution in [0.25, 0.3) is 0 Å². The van der Waals surface area contributed by atoms with Crippen molar-refractivity contribution in [3.63, 3.8) is 0 Å². The van der Waals surface area contributed by atoms with Crippen LogP contribution in [-0.4, -0.2) is 21.7 Å². The first-order valence-electron chi connectivity index (χ1n) is 5.34. The van der Waals surface area contributed by atoms with Crippen LogP contribution < -0.4 is 5.32 Å². The molecule has 2 rings (SSSR count). The van der Waals surface area contributed by atoms with Crippen molar-refractivity contribution in [2.24, 2.45) is 0 Å². The number of hydrogen-bond donors (Lipinski definition) is 3. The number of benzene rings is 1. The van der Waals surface area contributed by atoms with Gasteiger partial charge >= 0.3 is 0 Å². The second-order valence-electron chi connectivity index (χ2n) is 3.75. The number of nitrogens with one attached hydrogen (secondary N) is 1. The third-order valence-corrected chi connectivity index (χ3v) is 2.42. The fourth-order valence-electron chi connectivity index (χ4n) is 1.49. The van der Waals surface area contributed by atoms with Crippen molar-refractivity contribution in [2.45, 2.75) is 5.79 Å². The summed E-state index contributed by atoms with van der Waals surface area (Å²) >= 11 is 0. The number of rotatable bonds is 4. The second kappa shape index (κ2) is 4.95. The number of nitrogens with zero attached hydrogens (tertiary/aromatic N) is 1. The van der Waals surface area contributed by atoms with Crippen molar-refractivity contribution in [1.29, 1.82) is 0 Å². The Bertz CT molecular complexity index is 457. The molecule has 0 aliphatic rings. The summed E-state index contributed by atoms with van der Waals surface area (Å²) in [6.45, 7) is -0.0198. The van der Waals surface area contributed by atoms with Gasteiger partial charge in [-0.1, -0.05) is 36.4 Å². The first kappa shape index (κ1) is 11.6. The Morgan fingerprint density at radius 2 is 1.71 bits per heavy atom. The van der Waals surface area contributed by atoms with E-state index in [0.717, 1.165) is 0 Å². The van der Waals surface area contributed by atoms with Gasteiger partial charge in [-0.15, -0.1) is 0 Å². The standard InChI is InChI=1S/C13H14N2O2/c16-13(17,11-6-2-1-3-7-11)10-15-12-8-4-5-9-14-12/h1-9,16-17H,10H2,(H,14,15). The summed E-state index contributed by atoms with van der Waals surface area (Å²) in [5.74, 6) is -1.30. The van der Waals surface area contributed by atoms with Crippen LogP contribution >= 0.6 is 0 Å². The summed E-state index contributed by atoms with van der Waals surface area (Å²) in [7, 11) is 0. The van der Waals surface area contributed by atoms with Crippen molar-refractivity contribution in [2.75, 3.05) is 11.9 Å². The molecule has 3 N–H and O–H groups in total. The lowest BCUT2D eigenvalue weighted by atomic mass is 10.1. The molecule has 0 amide bonds. The quantitative estimate of drug-likeness (QED) is 0.693. The van der Waals surface area contributed by atoms with Gasteiger partial charge in [0.05, 0.1) is 6.54 Å². The van der Waals surface area contributed by atoms with E-state index in [1.165, 1.54) is 0 Å². The SMILES string of the molecule is OC(O)(CNc1ccccn1)c1ccccc1. The second-order valence-corrected chi connectivity index (χ2v) is 3.75. The molecule has 0 aliphatic heterocycles. The molecule has 17 heavy (non-hydrogen) atoms. The minimum atomic E-state index is -1.90. The fraction of sp³-hybridized carbons (Fsp3) is 0.154. The summed E-state index contributed by atoms with van der Waals surface area (Å²) in [6.07, 6.45) is 1.64. The van der Waals surface area contributed by atoms with Gasteiger partial charge in [-0.3, -0.25) is 0 Å². The maximum absolute atomic E-state index is 9.91. The molecule has 2 aromatic rings. The van der Waals surface area contributed by atoms with Crippen molar-refractivity contribution < 1.29 is 10.2 Å². The molecule has 0 bridgehead atoms. The van der Waals surface area contributed by atoms with Crippen LogP contribution in [0.1, 0.15) is 5.56 Å². The van der Waals surface area contributed by atoms with Gasteiger partial charge in [0.25, 0.3) is 0 Å². The van der Waals surface area contributed by atoms with Gasteiger partial charge in [-0.05, 0) is 12.1 Å². The van der Waals surface area contributed by atoms with Crippen LogP contribution in [-0.2, 0) is 5.79 Å². The lowest BCUT2D eigenvalue weighted by Crippen LogP contribution is -2.33. The van der Waals surface area contributed by atoms with Crippen molar-refractivity contribution in [3.05, 3.63) is 60.3 Å². The Morgan fingerprint density at radius 1 is 1.00 bits per heavy atom. The summed E-state index contributed by atoms with van der Waals surface area (Å²) in [6, 6.07) is 14.1. The molecule has 4 nitrogen and oxygen atoms in total. The monoisotopic (exact) mass is 230 g/mol. The first-order valence-corrected chi connectivity index (χ1v) is 5.34. The molecular formula is C13H14N2O2. The summed E-state index contributed by atoms with van der Waals surface area (Å²) < 4.78 is 0. The highest BCUT2D eigenvalue weighted by Gasteiger charge is 2.25. The number of anilines is 1.